The largest absolute Gasteiger partial charge is 0.497 e. The van der Waals surface area contributed by atoms with E-state index in [2.05, 4.69) is 10.6 Å². The second-order valence-corrected chi connectivity index (χ2v) is 12.5. The van der Waals surface area contributed by atoms with Crippen molar-refractivity contribution in [3.8, 4) is 5.75 Å². The van der Waals surface area contributed by atoms with Gasteiger partial charge in [-0.1, -0.05) is 18.6 Å². The van der Waals surface area contributed by atoms with E-state index in [0.29, 0.717) is 50.7 Å². The number of aryl methyl sites for hydroxylation is 1. The number of alkyl halides is 3. The number of carbonyl (C=O) groups excluding carboxylic acids is 2. The lowest BCUT2D eigenvalue weighted by Crippen LogP contribution is -2.57. The van der Waals surface area contributed by atoms with Crippen LogP contribution in [0, 0.1) is 6.92 Å². The topological polar surface area (TPSA) is 114 Å². The molecule has 2 aromatic carbocycles. The van der Waals surface area contributed by atoms with Crippen LogP contribution >= 0.6 is 0 Å². The van der Waals surface area contributed by atoms with Crippen LogP contribution in [0.15, 0.2) is 47.4 Å². The smallest absolute Gasteiger partial charge is 0.416 e. The maximum atomic E-state index is 13.7. The highest BCUT2D eigenvalue weighted by atomic mass is 32.2. The third-order valence-electron chi connectivity index (χ3n) is 7.70. The zero-order valence-corrected chi connectivity index (χ0v) is 24.4. The van der Waals surface area contributed by atoms with Crippen molar-refractivity contribution in [3.05, 3.63) is 59.2 Å². The summed E-state index contributed by atoms with van der Waals surface area (Å²) in [6, 6.07) is 6.53. The van der Waals surface area contributed by atoms with Crippen LogP contribution in [-0.4, -0.2) is 69.5 Å². The Bertz CT molecular complexity index is 1380. The summed E-state index contributed by atoms with van der Waals surface area (Å²) in [6.07, 6.45) is -2.18. The van der Waals surface area contributed by atoms with Crippen molar-refractivity contribution in [1.82, 2.24) is 14.9 Å². The van der Waals surface area contributed by atoms with E-state index < -0.39 is 50.6 Å². The average molecular weight is 612 g/mol. The first-order valence-corrected chi connectivity index (χ1v) is 15.4. The molecule has 2 aliphatic heterocycles. The molecule has 0 radical (unpaired) electrons. The second kappa shape index (κ2) is 13.4. The number of hydrogen-bond donors (Lipinski definition) is 2. The Hall–Kier alpha value is -3.16. The number of nitrogens with one attached hydrogen (secondary N) is 2. The highest BCUT2D eigenvalue weighted by Gasteiger charge is 2.40. The molecule has 42 heavy (non-hydrogen) atoms. The van der Waals surface area contributed by atoms with Gasteiger partial charge >= 0.3 is 6.18 Å². The van der Waals surface area contributed by atoms with E-state index in [1.54, 1.807) is 19.2 Å². The molecule has 2 aromatic rings. The van der Waals surface area contributed by atoms with Gasteiger partial charge in [0, 0.05) is 32.2 Å². The maximum absolute atomic E-state index is 13.7. The molecule has 2 aliphatic rings. The molecule has 0 aliphatic carbocycles. The Morgan fingerprint density at radius 3 is 2.50 bits per heavy atom. The zero-order valence-electron chi connectivity index (χ0n) is 23.6. The number of ether oxygens (including phenoxy) is 2. The van der Waals surface area contributed by atoms with Gasteiger partial charge in [0.25, 0.3) is 0 Å². The van der Waals surface area contributed by atoms with E-state index in [-0.39, 0.29) is 25.4 Å². The van der Waals surface area contributed by atoms with Crippen molar-refractivity contribution in [2.24, 2.45) is 0 Å². The summed E-state index contributed by atoms with van der Waals surface area (Å²) in [6.45, 7) is 2.83. The first kappa shape index (κ1) is 31.8. The van der Waals surface area contributed by atoms with Crippen molar-refractivity contribution in [1.29, 1.82) is 0 Å². The monoisotopic (exact) mass is 611 g/mol. The van der Waals surface area contributed by atoms with Crippen molar-refractivity contribution in [2.75, 3.05) is 26.9 Å². The van der Waals surface area contributed by atoms with Gasteiger partial charge in [-0.05, 0) is 74.1 Å². The number of sulfonamides is 1. The molecule has 230 valence electrons. The van der Waals surface area contributed by atoms with E-state index in [1.807, 2.05) is 13.0 Å². The lowest BCUT2D eigenvalue weighted by Gasteiger charge is -2.35. The van der Waals surface area contributed by atoms with Crippen molar-refractivity contribution in [3.63, 3.8) is 0 Å². The third-order valence-corrected chi connectivity index (χ3v) is 9.60. The van der Waals surface area contributed by atoms with E-state index in [0.717, 1.165) is 33.6 Å². The quantitative estimate of drug-likeness (QED) is 0.448. The van der Waals surface area contributed by atoms with E-state index >= 15 is 0 Å². The molecule has 4 rings (SSSR count). The van der Waals surface area contributed by atoms with Crippen LogP contribution in [0.4, 0.5) is 13.2 Å². The van der Waals surface area contributed by atoms with E-state index in [1.165, 1.54) is 0 Å². The summed E-state index contributed by atoms with van der Waals surface area (Å²) >= 11 is 0. The number of amides is 2. The minimum atomic E-state index is -4.73. The third kappa shape index (κ3) is 7.61. The molecule has 2 N–H and O–H groups in total. The molecule has 2 saturated heterocycles. The zero-order chi connectivity index (χ0) is 30.5. The lowest BCUT2D eigenvalue weighted by molar-refractivity contribution is -0.137. The number of halogens is 3. The van der Waals surface area contributed by atoms with E-state index in [4.69, 9.17) is 9.47 Å². The summed E-state index contributed by atoms with van der Waals surface area (Å²) in [5.74, 6) is -0.446. The minimum absolute atomic E-state index is 0.0345. The van der Waals surface area contributed by atoms with Crippen molar-refractivity contribution >= 4 is 21.8 Å². The highest BCUT2D eigenvalue weighted by molar-refractivity contribution is 7.89. The SMILES string of the molecule is COc1ccc(C[C@H](NC(=O)[C@@H]2CCCCN2S(=O)(=O)c2cccc(C(F)(F)F)c2)C(=O)NC2CCOCC2)c(C)c1. The van der Waals surface area contributed by atoms with Crippen LogP contribution in [-0.2, 0) is 36.9 Å². The number of hydrogen-bond acceptors (Lipinski definition) is 6. The van der Waals surface area contributed by atoms with Gasteiger partial charge in [-0.3, -0.25) is 9.59 Å². The number of rotatable bonds is 9. The molecule has 0 spiro atoms. The summed E-state index contributed by atoms with van der Waals surface area (Å²) in [5, 5.41) is 5.75. The van der Waals surface area contributed by atoms with Crippen LogP contribution in [0.25, 0.3) is 0 Å². The van der Waals surface area contributed by atoms with Crippen LogP contribution in [0.3, 0.4) is 0 Å². The molecular weight excluding hydrogens is 575 g/mol. The number of piperidine rings is 1. The molecular formula is C29H36F3N3O6S. The number of methoxy groups -OCH3 is 1. The number of carbonyl (C=O) groups is 2. The Morgan fingerprint density at radius 1 is 1.10 bits per heavy atom. The predicted octanol–water partition coefficient (Wildman–Crippen LogP) is 3.59. The van der Waals surface area contributed by atoms with Gasteiger partial charge in [0.15, 0.2) is 0 Å². The average Bonchev–Trinajstić information content (AvgIpc) is 2.97. The summed E-state index contributed by atoms with van der Waals surface area (Å²) < 4.78 is 78.6. The molecule has 2 atom stereocenters. The summed E-state index contributed by atoms with van der Waals surface area (Å²) in [7, 11) is -2.90. The summed E-state index contributed by atoms with van der Waals surface area (Å²) in [5.41, 5.74) is 0.542. The molecule has 2 heterocycles. The van der Waals surface area contributed by atoms with Gasteiger partial charge in [0.05, 0.1) is 17.6 Å². The molecule has 9 nitrogen and oxygen atoms in total. The van der Waals surface area contributed by atoms with Gasteiger partial charge in [-0.15, -0.1) is 0 Å². The molecule has 13 heteroatoms. The Morgan fingerprint density at radius 2 is 1.83 bits per heavy atom. The molecule has 0 bridgehead atoms. The van der Waals surface area contributed by atoms with Crippen LogP contribution < -0.4 is 15.4 Å². The van der Waals surface area contributed by atoms with Gasteiger partial charge in [0.1, 0.15) is 17.8 Å². The van der Waals surface area contributed by atoms with Crippen molar-refractivity contribution in [2.45, 2.75) is 74.6 Å². The maximum Gasteiger partial charge on any atom is 0.416 e. The van der Waals surface area contributed by atoms with Crippen LogP contribution in [0.5, 0.6) is 5.75 Å². The Kier molecular flexibility index (Phi) is 10.2. The molecule has 0 saturated carbocycles. The van der Waals surface area contributed by atoms with Gasteiger partial charge < -0.3 is 20.1 Å². The first-order valence-electron chi connectivity index (χ1n) is 13.9. The molecule has 2 fully saturated rings. The molecule has 0 aromatic heterocycles. The van der Waals surface area contributed by atoms with Crippen molar-refractivity contribution < 1.29 is 40.7 Å². The minimum Gasteiger partial charge on any atom is -0.497 e. The predicted molar refractivity (Wildman–Crippen MR) is 148 cm³/mol. The number of benzene rings is 2. The van der Waals surface area contributed by atoms with Crippen LogP contribution in [0.2, 0.25) is 0 Å². The Balaban J connectivity index is 1.59. The standard InChI is InChI=1S/C29H36F3N3O6S/c1-19-16-23(40-2)10-9-20(19)17-25(27(36)33-22-11-14-41-15-12-22)34-28(37)26-8-3-4-13-35(26)42(38,39)24-7-5-6-21(18-24)29(30,31)32/h5-7,9-10,16,18,22,25-26H,3-4,8,11-15,17H2,1-2H3,(H,33,36)(H,34,37)/t25-,26-/m0/s1. The van der Waals surface area contributed by atoms with Gasteiger partial charge in [-0.2, -0.15) is 17.5 Å². The lowest BCUT2D eigenvalue weighted by atomic mass is 9.98. The highest BCUT2D eigenvalue weighted by Crippen LogP contribution is 2.32. The first-order chi connectivity index (χ1) is 19.9. The Labute approximate surface area is 243 Å². The van der Waals surface area contributed by atoms with Crippen LogP contribution in [0.1, 0.15) is 48.8 Å². The normalized spacial score (nSPS) is 19.6. The molecule has 2 amide bonds. The van der Waals surface area contributed by atoms with E-state index in [9.17, 15) is 31.2 Å². The fourth-order valence-electron chi connectivity index (χ4n) is 5.29. The second-order valence-electron chi connectivity index (χ2n) is 10.6. The molecule has 0 unspecified atom stereocenters. The van der Waals surface area contributed by atoms with Gasteiger partial charge in [0.2, 0.25) is 21.8 Å². The summed E-state index contributed by atoms with van der Waals surface area (Å²) in [4.78, 5) is 26.6. The fourth-order valence-corrected chi connectivity index (χ4v) is 6.99. The van der Waals surface area contributed by atoms with Gasteiger partial charge in [-0.25, -0.2) is 8.42 Å². The fraction of sp³-hybridized carbons (Fsp3) is 0.517. The number of nitrogens with zero attached hydrogens (tertiary/aromatic N) is 1.